The molecule has 0 amide bonds. The van der Waals surface area contributed by atoms with Gasteiger partial charge in [-0.05, 0) is 28.5 Å². The van der Waals surface area contributed by atoms with Gasteiger partial charge in [-0.3, -0.25) is 4.79 Å². The molecule has 10 heteroatoms. The Bertz CT molecular complexity index is 858. The third-order valence-corrected chi connectivity index (χ3v) is 3.73. The van der Waals surface area contributed by atoms with E-state index in [2.05, 4.69) is 25.5 Å². The first kappa shape index (κ1) is 20.4. The van der Waals surface area contributed by atoms with E-state index in [0.29, 0.717) is 49.7 Å². The van der Waals surface area contributed by atoms with E-state index in [9.17, 15) is 4.79 Å². The second-order valence-electron chi connectivity index (χ2n) is 5.64. The normalized spacial score (nSPS) is 10.3. The van der Waals surface area contributed by atoms with Gasteiger partial charge in [-0.25, -0.2) is 14.6 Å². The molecule has 0 aliphatic carbocycles. The van der Waals surface area contributed by atoms with Gasteiger partial charge in [0.1, 0.15) is 19.3 Å². The smallest absolute Gasteiger partial charge is 0.216 e. The molecule has 142 valence electrons. The third-order valence-electron chi connectivity index (χ3n) is 3.73. The summed E-state index contributed by atoms with van der Waals surface area (Å²) in [6.07, 6.45) is 4.05. The van der Waals surface area contributed by atoms with Crippen LogP contribution in [0.25, 0.3) is 0 Å². The standard InChI is InChI=1S/C17H19N7O2.ClH/c18-9-15-8-17(20-11-19-15)26-10-13-3-1-4-14(7-13)16(25)5-2-6-24-12-21-22-23-24;/h1,3-4,7-8,11-12H,2,5-6,9-10,18H2;1H. The maximum atomic E-state index is 12.3. The number of tetrazole rings is 1. The van der Waals surface area contributed by atoms with Crippen molar-refractivity contribution in [2.24, 2.45) is 5.73 Å². The van der Waals surface area contributed by atoms with E-state index in [0.717, 1.165) is 5.56 Å². The molecule has 0 aliphatic heterocycles. The van der Waals surface area contributed by atoms with Crippen LogP contribution in [0, 0.1) is 0 Å². The molecule has 27 heavy (non-hydrogen) atoms. The fourth-order valence-corrected chi connectivity index (χ4v) is 2.39. The lowest BCUT2D eigenvalue weighted by Gasteiger charge is -2.08. The van der Waals surface area contributed by atoms with E-state index in [-0.39, 0.29) is 18.2 Å². The van der Waals surface area contributed by atoms with Crippen LogP contribution >= 0.6 is 12.4 Å². The van der Waals surface area contributed by atoms with Crippen LogP contribution in [0.1, 0.15) is 34.5 Å². The van der Waals surface area contributed by atoms with Crippen molar-refractivity contribution in [2.75, 3.05) is 0 Å². The predicted molar refractivity (Wildman–Crippen MR) is 99.3 cm³/mol. The van der Waals surface area contributed by atoms with Gasteiger partial charge in [-0.15, -0.1) is 17.5 Å². The lowest BCUT2D eigenvalue weighted by atomic mass is 10.0. The lowest BCUT2D eigenvalue weighted by Crippen LogP contribution is -2.06. The Morgan fingerprint density at radius 1 is 1.22 bits per heavy atom. The van der Waals surface area contributed by atoms with Crippen molar-refractivity contribution in [3.05, 3.63) is 59.8 Å². The number of benzene rings is 1. The van der Waals surface area contributed by atoms with Gasteiger partial charge in [-0.1, -0.05) is 18.2 Å². The number of aromatic nitrogens is 6. The number of nitrogens with zero attached hydrogens (tertiary/aromatic N) is 6. The van der Waals surface area contributed by atoms with Crippen molar-refractivity contribution in [3.63, 3.8) is 0 Å². The highest BCUT2D eigenvalue weighted by molar-refractivity contribution is 5.96. The number of carbonyl (C=O) groups excluding carboxylic acids is 1. The van der Waals surface area contributed by atoms with E-state index in [1.165, 1.54) is 12.7 Å². The van der Waals surface area contributed by atoms with Crippen molar-refractivity contribution < 1.29 is 9.53 Å². The van der Waals surface area contributed by atoms with Crippen LogP contribution < -0.4 is 10.5 Å². The molecule has 3 rings (SSSR count). The Hall–Kier alpha value is -2.91. The first-order valence-corrected chi connectivity index (χ1v) is 8.21. The van der Waals surface area contributed by atoms with Crippen LogP contribution in [-0.2, 0) is 19.7 Å². The Morgan fingerprint density at radius 3 is 2.89 bits per heavy atom. The number of ketones is 1. The summed E-state index contributed by atoms with van der Waals surface area (Å²) < 4.78 is 7.26. The number of halogens is 1. The van der Waals surface area contributed by atoms with Gasteiger partial charge in [0.2, 0.25) is 5.88 Å². The molecule has 0 fully saturated rings. The number of carbonyl (C=O) groups is 1. The molecule has 2 aromatic heterocycles. The number of hydrogen-bond donors (Lipinski definition) is 1. The maximum Gasteiger partial charge on any atom is 0.216 e. The molecule has 3 aromatic rings. The average Bonchev–Trinajstić information content (AvgIpc) is 3.20. The molecular formula is C17H20ClN7O2. The minimum absolute atomic E-state index is 0. The highest BCUT2D eigenvalue weighted by Gasteiger charge is 2.08. The molecule has 0 unspecified atom stereocenters. The summed E-state index contributed by atoms with van der Waals surface area (Å²) in [5.41, 5.74) is 7.82. The molecule has 1 aromatic carbocycles. The fraction of sp³-hybridized carbons (Fsp3) is 0.294. The van der Waals surface area contributed by atoms with Gasteiger partial charge in [0.25, 0.3) is 0 Å². The Balaban J connectivity index is 0.00000261. The summed E-state index contributed by atoms with van der Waals surface area (Å²) in [6.45, 7) is 1.25. The van der Waals surface area contributed by atoms with Crippen molar-refractivity contribution in [2.45, 2.75) is 32.5 Å². The molecule has 0 atom stereocenters. The summed E-state index contributed by atoms with van der Waals surface area (Å²) in [5.74, 6) is 0.533. The quantitative estimate of drug-likeness (QED) is 0.547. The highest BCUT2D eigenvalue weighted by Crippen LogP contribution is 2.13. The van der Waals surface area contributed by atoms with Gasteiger partial charge in [0.05, 0.1) is 5.69 Å². The van der Waals surface area contributed by atoms with Gasteiger partial charge in [0.15, 0.2) is 5.78 Å². The zero-order valence-corrected chi connectivity index (χ0v) is 15.4. The van der Waals surface area contributed by atoms with E-state index in [1.54, 1.807) is 16.8 Å². The van der Waals surface area contributed by atoms with Crippen LogP contribution in [0.2, 0.25) is 0 Å². The minimum Gasteiger partial charge on any atom is -0.473 e. The van der Waals surface area contributed by atoms with Crippen LogP contribution in [0.3, 0.4) is 0 Å². The van der Waals surface area contributed by atoms with E-state index in [1.807, 2.05) is 18.2 Å². The summed E-state index contributed by atoms with van der Waals surface area (Å²) in [6, 6.07) is 9.10. The summed E-state index contributed by atoms with van der Waals surface area (Å²) >= 11 is 0. The van der Waals surface area contributed by atoms with Crippen LogP contribution in [-0.4, -0.2) is 36.0 Å². The number of nitrogens with two attached hydrogens (primary N) is 1. The Kier molecular flexibility index (Phi) is 7.78. The summed E-state index contributed by atoms with van der Waals surface area (Å²) in [4.78, 5) is 20.4. The maximum absolute atomic E-state index is 12.3. The first-order valence-electron chi connectivity index (χ1n) is 8.21. The molecule has 0 saturated heterocycles. The van der Waals surface area contributed by atoms with Crippen LogP contribution in [0.4, 0.5) is 0 Å². The molecule has 0 radical (unpaired) electrons. The third kappa shape index (κ3) is 6.08. The second-order valence-corrected chi connectivity index (χ2v) is 5.64. The second kappa shape index (κ2) is 10.3. The SMILES string of the molecule is Cl.NCc1cc(OCc2cccc(C(=O)CCCn3cnnn3)c2)ncn1. The molecule has 0 spiro atoms. The fourth-order valence-electron chi connectivity index (χ4n) is 2.39. The topological polar surface area (TPSA) is 122 Å². The zero-order valence-electron chi connectivity index (χ0n) is 14.6. The lowest BCUT2D eigenvalue weighted by molar-refractivity contribution is 0.0978. The summed E-state index contributed by atoms with van der Waals surface area (Å²) in [7, 11) is 0. The monoisotopic (exact) mass is 389 g/mol. The average molecular weight is 390 g/mol. The van der Waals surface area contributed by atoms with Gasteiger partial charge in [0, 0.05) is 31.1 Å². The Morgan fingerprint density at radius 2 is 2.11 bits per heavy atom. The Labute approximate surface area is 162 Å². The number of rotatable bonds is 9. The molecule has 9 nitrogen and oxygen atoms in total. The number of aryl methyl sites for hydroxylation is 1. The van der Waals surface area contributed by atoms with Gasteiger partial charge < -0.3 is 10.5 Å². The first-order chi connectivity index (χ1) is 12.7. The van der Waals surface area contributed by atoms with Crippen LogP contribution in [0.15, 0.2) is 43.0 Å². The van der Waals surface area contributed by atoms with E-state index < -0.39 is 0 Å². The molecule has 0 aliphatic rings. The van der Waals surface area contributed by atoms with E-state index >= 15 is 0 Å². The number of ether oxygens (including phenoxy) is 1. The molecule has 0 bridgehead atoms. The van der Waals surface area contributed by atoms with Crippen molar-refractivity contribution in [1.29, 1.82) is 0 Å². The van der Waals surface area contributed by atoms with Gasteiger partial charge in [-0.2, -0.15) is 0 Å². The highest BCUT2D eigenvalue weighted by atomic mass is 35.5. The number of hydrogen-bond acceptors (Lipinski definition) is 8. The summed E-state index contributed by atoms with van der Waals surface area (Å²) in [5, 5.41) is 10.9. The van der Waals surface area contributed by atoms with Crippen molar-refractivity contribution in [3.8, 4) is 5.88 Å². The van der Waals surface area contributed by atoms with Gasteiger partial charge >= 0.3 is 0 Å². The van der Waals surface area contributed by atoms with Crippen molar-refractivity contribution in [1.82, 2.24) is 30.2 Å². The predicted octanol–water partition coefficient (Wildman–Crippen LogP) is 1.59. The molecular weight excluding hydrogens is 370 g/mol. The van der Waals surface area contributed by atoms with Crippen LogP contribution in [0.5, 0.6) is 5.88 Å². The van der Waals surface area contributed by atoms with E-state index in [4.69, 9.17) is 10.5 Å². The molecule has 2 heterocycles. The largest absolute Gasteiger partial charge is 0.473 e. The minimum atomic E-state index is 0. The molecule has 0 saturated carbocycles. The van der Waals surface area contributed by atoms with Crippen molar-refractivity contribution >= 4 is 18.2 Å². The molecule has 2 N–H and O–H groups in total. The zero-order chi connectivity index (χ0) is 18.2. The number of Topliss-reactive ketones (excluding diaryl/α,β-unsaturated/α-hetero) is 1.